The standard InChI is InChI=1S/C12H9N.2C4H4S/c1-3-7-11-9(5-1)10-6-2-4-8-12(10)13-11;2*1-2-4-5-3-1/h1-8,13H;2*1-4H. The monoisotopic (exact) mass is 335 g/mol. The molecule has 0 bridgehead atoms. The van der Waals surface area contributed by atoms with Gasteiger partial charge in [-0.05, 0) is 33.7 Å². The number of hydrogen-bond donors (Lipinski definition) is 1. The van der Waals surface area contributed by atoms with Gasteiger partial charge in [0.15, 0.2) is 0 Å². The lowest BCUT2D eigenvalue weighted by Crippen LogP contribution is -1.62. The molecule has 2 aromatic carbocycles. The average Bonchev–Trinajstić information content (AvgIpc) is 3.38. The highest BCUT2D eigenvalue weighted by atomic mass is 32.1. The third kappa shape index (κ3) is 4.31. The van der Waals surface area contributed by atoms with Crippen LogP contribution in [0.1, 0.15) is 0 Å². The van der Waals surface area contributed by atoms with E-state index in [9.17, 15) is 0 Å². The predicted octanol–water partition coefficient (Wildman–Crippen LogP) is 6.82. The molecule has 3 heterocycles. The van der Waals surface area contributed by atoms with E-state index < -0.39 is 0 Å². The lowest BCUT2D eigenvalue weighted by molar-refractivity contribution is 1.55. The number of fused-ring (bicyclic) bond motifs is 3. The highest BCUT2D eigenvalue weighted by Gasteiger charge is 2.00. The Kier molecular flexibility index (Phi) is 5.62. The van der Waals surface area contributed by atoms with Crippen molar-refractivity contribution in [3.63, 3.8) is 0 Å². The summed E-state index contributed by atoms with van der Waals surface area (Å²) in [6.45, 7) is 0. The van der Waals surface area contributed by atoms with Gasteiger partial charge in [0, 0.05) is 21.8 Å². The van der Waals surface area contributed by atoms with E-state index >= 15 is 0 Å². The lowest BCUT2D eigenvalue weighted by Gasteiger charge is -1.87. The number of rotatable bonds is 0. The number of thiophene rings is 2. The van der Waals surface area contributed by atoms with E-state index in [2.05, 4.69) is 53.5 Å². The van der Waals surface area contributed by atoms with Crippen LogP contribution in [-0.2, 0) is 0 Å². The minimum atomic E-state index is 1.21. The molecular weight excluding hydrogens is 318 g/mol. The normalized spacial score (nSPS) is 9.74. The maximum Gasteiger partial charge on any atom is 0.0464 e. The van der Waals surface area contributed by atoms with Crippen molar-refractivity contribution in [2.75, 3.05) is 0 Å². The zero-order valence-electron chi connectivity index (χ0n) is 12.6. The molecule has 0 spiro atoms. The van der Waals surface area contributed by atoms with Crippen LogP contribution in [0.25, 0.3) is 21.8 Å². The summed E-state index contributed by atoms with van der Waals surface area (Å²) in [6.07, 6.45) is 0. The van der Waals surface area contributed by atoms with E-state index in [1.165, 1.54) is 21.8 Å². The molecule has 5 aromatic rings. The highest BCUT2D eigenvalue weighted by Crippen LogP contribution is 2.24. The zero-order chi connectivity index (χ0) is 15.7. The molecular formula is C20H17NS2. The van der Waals surface area contributed by atoms with Gasteiger partial charge in [-0.1, -0.05) is 60.7 Å². The van der Waals surface area contributed by atoms with Crippen LogP contribution in [0.5, 0.6) is 0 Å². The number of para-hydroxylation sites is 2. The summed E-state index contributed by atoms with van der Waals surface area (Å²) in [5, 5.41) is 10.8. The van der Waals surface area contributed by atoms with Gasteiger partial charge in [0.1, 0.15) is 0 Å². The maximum absolute atomic E-state index is 3.38. The fourth-order valence-electron chi connectivity index (χ4n) is 2.25. The molecule has 3 aromatic heterocycles. The summed E-state index contributed by atoms with van der Waals surface area (Å²) in [6, 6.07) is 24.8. The molecule has 0 saturated heterocycles. The van der Waals surface area contributed by atoms with Crippen LogP contribution >= 0.6 is 22.7 Å². The van der Waals surface area contributed by atoms with E-state index in [0.717, 1.165) is 0 Å². The Hall–Kier alpha value is -2.36. The SMILES string of the molecule is c1ccc2c(c1)[nH]c1ccccc12.c1ccsc1.c1ccsc1. The molecule has 0 fully saturated rings. The number of H-pyrrole nitrogens is 1. The summed E-state index contributed by atoms with van der Waals surface area (Å²) in [4.78, 5) is 3.38. The van der Waals surface area contributed by atoms with Gasteiger partial charge in [0.05, 0.1) is 0 Å². The molecule has 1 nitrogen and oxygen atoms in total. The van der Waals surface area contributed by atoms with Crippen LogP contribution in [0.2, 0.25) is 0 Å². The first-order valence-corrected chi connectivity index (χ1v) is 9.23. The van der Waals surface area contributed by atoms with Gasteiger partial charge < -0.3 is 4.98 Å². The van der Waals surface area contributed by atoms with Crippen LogP contribution < -0.4 is 0 Å². The molecule has 0 aliphatic carbocycles. The summed E-state index contributed by atoms with van der Waals surface area (Å²) in [7, 11) is 0. The van der Waals surface area contributed by atoms with Gasteiger partial charge >= 0.3 is 0 Å². The zero-order valence-corrected chi connectivity index (χ0v) is 14.2. The van der Waals surface area contributed by atoms with Crippen molar-refractivity contribution >= 4 is 44.5 Å². The molecule has 0 atom stereocenters. The first-order valence-electron chi connectivity index (χ1n) is 7.35. The Labute approximate surface area is 143 Å². The molecule has 0 unspecified atom stereocenters. The van der Waals surface area contributed by atoms with Gasteiger partial charge in [-0.25, -0.2) is 0 Å². The predicted molar refractivity (Wildman–Crippen MR) is 104 cm³/mol. The fourth-order valence-corrected chi connectivity index (χ4v) is 3.16. The Bertz CT molecular complexity index is 808. The Morgan fingerprint density at radius 2 is 0.870 bits per heavy atom. The van der Waals surface area contributed by atoms with Crippen molar-refractivity contribution < 1.29 is 0 Å². The van der Waals surface area contributed by atoms with Crippen molar-refractivity contribution in [2.45, 2.75) is 0 Å². The topological polar surface area (TPSA) is 15.8 Å². The number of aromatic nitrogens is 1. The van der Waals surface area contributed by atoms with Crippen LogP contribution in [0.3, 0.4) is 0 Å². The number of benzene rings is 2. The fraction of sp³-hybridized carbons (Fsp3) is 0. The van der Waals surface area contributed by atoms with Crippen molar-refractivity contribution in [3.05, 3.63) is 94.3 Å². The second kappa shape index (κ2) is 8.32. The summed E-state index contributed by atoms with van der Waals surface area (Å²) >= 11 is 3.43. The molecule has 3 heteroatoms. The number of hydrogen-bond acceptors (Lipinski definition) is 2. The van der Waals surface area contributed by atoms with Crippen molar-refractivity contribution in [3.8, 4) is 0 Å². The smallest absolute Gasteiger partial charge is 0.0464 e. The van der Waals surface area contributed by atoms with Crippen molar-refractivity contribution in [2.24, 2.45) is 0 Å². The second-order valence-corrected chi connectivity index (χ2v) is 6.44. The van der Waals surface area contributed by atoms with Gasteiger partial charge in [0.25, 0.3) is 0 Å². The van der Waals surface area contributed by atoms with Gasteiger partial charge in [-0.2, -0.15) is 22.7 Å². The highest BCUT2D eigenvalue weighted by molar-refractivity contribution is 7.08. The van der Waals surface area contributed by atoms with E-state index in [-0.39, 0.29) is 0 Å². The molecule has 0 aliphatic heterocycles. The first kappa shape index (κ1) is 15.5. The third-order valence-electron chi connectivity index (χ3n) is 3.26. The molecule has 114 valence electrons. The van der Waals surface area contributed by atoms with Crippen molar-refractivity contribution in [1.82, 2.24) is 4.98 Å². The minimum Gasteiger partial charge on any atom is -0.355 e. The van der Waals surface area contributed by atoms with Crippen LogP contribution in [0.15, 0.2) is 94.3 Å². The molecule has 5 rings (SSSR count). The summed E-state index contributed by atoms with van der Waals surface area (Å²) in [5.74, 6) is 0. The number of aromatic amines is 1. The van der Waals surface area contributed by atoms with Crippen LogP contribution in [0.4, 0.5) is 0 Å². The maximum atomic E-state index is 3.38. The van der Waals surface area contributed by atoms with Gasteiger partial charge in [-0.3, -0.25) is 0 Å². The van der Waals surface area contributed by atoms with Gasteiger partial charge in [-0.15, -0.1) is 0 Å². The minimum absolute atomic E-state index is 1.21. The molecule has 23 heavy (non-hydrogen) atoms. The Morgan fingerprint density at radius 1 is 0.478 bits per heavy atom. The van der Waals surface area contributed by atoms with E-state index in [0.29, 0.717) is 0 Å². The van der Waals surface area contributed by atoms with Crippen LogP contribution in [0, 0.1) is 0 Å². The summed E-state index contributed by atoms with van der Waals surface area (Å²) in [5.41, 5.74) is 2.42. The Morgan fingerprint density at radius 3 is 1.22 bits per heavy atom. The van der Waals surface area contributed by atoms with Crippen LogP contribution in [-0.4, -0.2) is 4.98 Å². The molecule has 0 saturated carbocycles. The quantitative estimate of drug-likeness (QED) is 0.320. The molecule has 0 amide bonds. The van der Waals surface area contributed by atoms with Gasteiger partial charge in [0.2, 0.25) is 0 Å². The summed E-state index contributed by atoms with van der Waals surface area (Å²) < 4.78 is 0. The molecule has 0 aliphatic rings. The molecule has 1 N–H and O–H groups in total. The Balaban J connectivity index is 0.000000128. The first-order chi connectivity index (χ1) is 11.4. The molecule has 0 radical (unpaired) electrons. The van der Waals surface area contributed by atoms with Crippen molar-refractivity contribution in [1.29, 1.82) is 0 Å². The lowest BCUT2D eigenvalue weighted by atomic mass is 10.2. The van der Waals surface area contributed by atoms with E-state index in [4.69, 9.17) is 0 Å². The largest absolute Gasteiger partial charge is 0.355 e. The second-order valence-electron chi connectivity index (χ2n) is 4.80. The number of nitrogens with one attached hydrogen (secondary N) is 1. The van der Waals surface area contributed by atoms with E-state index in [1.54, 1.807) is 22.7 Å². The average molecular weight is 335 g/mol. The third-order valence-corrected chi connectivity index (χ3v) is 4.52. The van der Waals surface area contributed by atoms with E-state index in [1.807, 2.05) is 45.8 Å².